The van der Waals surface area contributed by atoms with Gasteiger partial charge in [-0.2, -0.15) is 0 Å². The minimum atomic E-state index is -4.58. The highest BCUT2D eigenvalue weighted by molar-refractivity contribution is 7.47. The lowest BCUT2D eigenvalue weighted by atomic mass is 9.89. The third-order valence-corrected chi connectivity index (χ3v) is 11.3. The van der Waals surface area contributed by atoms with Crippen molar-refractivity contribution < 1.29 is 43.7 Å². The van der Waals surface area contributed by atoms with Crippen molar-refractivity contribution in [3.8, 4) is 0 Å². The Balaban J connectivity index is 2.07. The SMILES string of the molecule is CCCCCC[C@H](C)CCC[C@H](C)CCC[C@H](C)CCC[C@H](C)CCC[C@H](C)CCCOP(=O)(O)O[C@H]1O[C@H](CO)[C@@H](O)[C@H](O)[C@@H]1O. The van der Waals surface area contributed by atoms with Crippen molar-refractivity contribution >= 4 is 7.82 Å². The first-order chi connectivity index (χ1) is 22.3. The zero-order chi connectivity index (χ0) is 35.2. The fourth-order valence-corrected chi connectivity index (χ4v) is 7.69. The van der Waals surface area contributed by atoms with E-state index in [0.717, 1.165) is 36.5 Å². The Kier molecular flexibility index (Phi) is 24.7. The number of phosphoric acid groups is 1. The lowest BCUT2D eigenvalue weighted by Crippen LogP contribution is -2.58. The van der Waals surface area contributed by atoms with E-state index in [1.165, 1.54) is 103 Å². The van der Waals surface area contributed by atoms with E-state index in [-0.39, 0.29) is 6.61 Å². The van der Waals surface area contributed by atoms with Crippen LogP contribution in [0.4, 0.5) is 0 Å². The third-order valence-electron chi connectivity index (χ3n) is 10.3. The molecule has 9 nitrogen and oxygen atoms in total. The highest BCUT2D eigenvalue weighted by Crippen LogP contribution is 2.46. The second-order valence-corrected chi connectivity index (χ2v) is 16.8. The summed E-state index contributed by atoms with van der Waals surface area (Å²) in [5, 5.41) is 38.9. The van der Waals surface area contributed by atoms with Gasteiger partial charge >= 0.3 is 7.82 Å². The van der Waals surface area contributed by atoms with Crippen molar-refractivity contribution in [3.63, 3.8) is 0 Å². The van der Waals surface area contributed by atoms with Gasteiger partial charge in [0.1, 0.15) is 24.4 Å². The van der Waals surface area contributed by atoms with E-state index in [4.69, 9.17) is 13.8 Å². The molecule has 1 unspecified atom stereocenters. The second-order valence-electron chi connectivity index (χ2n) is 15.3. The molecular weight excluding hydrogens is 619 g/mol. The topological polar surface area (TPSA) is 146 Å². The summed E-state index contributed by atoms with van der Waals surface area (Å²) in [6.07, 6.45) is 16.2. The van der Waals surface area contributed by atoms with Crippen LogP contribution in [-0.2, 0) is 18.3 Å². The monoisotopic (exact) mass is 695 g/mol. The molecule has 0 aromatic carbocycles. The molecule has 10 heteroatoms. The van der Waals surface area contributed by atoms with E-state index in [0.29, 0.717) is 12.3 Å². The number of hydrogen-bond donors (Lipinski definition) is 5. The van der Waals surface area contributed by atoms with Gasteiger partial charge in [0.05, 0.1) is 13.2 Å². The van der Waals surface area contributed by atoms with Crippen molar-refractivity contribution in [2.45, 2.75) is 194 Å². The molecule has 0 saturated carbocycles. The number of hydrogen-bond acceptors (Lipinski definition) is 8. The van der Waals surface area contributed by atoms with Crippen LogP contribution in [0.2, 0.25) is 0 Å². The van der Waals surface area contributed by atoms with Crippen LogP contribution in [0.1, 0.15) is 164 Å². The number of aliphatic hydroxyl groups excluding tert-OH is 4. The lowest BCUT2D eigenvalue weighted by molar-refractivity contribution is -0.281. The van der Waals surface area contributed by atoms with Crippen molar-refractivity contribution in [1.29, 1.82) is 0 Å². The molecule has 1 saturated heterocycles. The van der Waals surface area contributed by atoms with Crippen LogP contribution in [0, 0.1) is 29.6 Å². The average Bonchev–Trinajstić information content (AvgIpc) is 3.01. The van der Waals surface area contributed by atoms with E-state index in [1.807, 2.05) is 0 Å². The molecule has 1 fully saturated rings. The summed E-state index contributed by atoms with van der Waals surface area (Å²) >= 11 is 0. The Morgan fingerprint density at radius 3 is 1.40 bits per heavy atom. The molecule has 0 radical (unpaired) electrons. The van der Waals surface area contributed by atoms with Gasteiger partial charge in [0.15, 0.2) is 6.29 Å². The first kappa shape index (κ1) is 44.9. The van der Waals surface area contributed by atoms with E-state index < -0.39 is 45.1 Å². The third kappa shape index (κ3) is 21.0. The maximum absolute atomic E-state index is 12.3. The first-order valence-corrected chi connectivity index (χ1v) is 20.7. The maximum atomic E-state index is 12.3. The molecule has 0 spiro atoms. The van der Waals surface area contributed by atoms with Crippen LogP contribution < -0.4 is 0 Å². The van der Waals surface area contributed by atoms with Gasteiger partial charge in [0.2, 0.25) is 0 Å². The van der Waals surface area contributed by atoms with Crippen molar-refractivity contribution in [3.05, 3.63) is 0 Å². The molecule has 0 aromatic rings. The fourth-order valence-electron chi connectivity index (χ4n) is 6.83. The average molecular weight is 695 g/mol. The first-order valence-electron chi connectivity index (χ1n) is 19.3. The van der Waals surface area contributed by atoms with Gasteiger partial charge in [-0.1, -0.05) is 151 Å². The summed E-state index contributed by atoms with van der Waals surface area (Å²) < 4.78 is 27.4. The van der Waals surface area contributed by atoms with E-state index in [1.54, 1.807) is 0 Å². The summed E-state index contributed by atoms with van der Waals surface area (Å²) in [4.78, 5) is 10.0. The normalized spacial score (nSPS) is 26.4. The summed E-state index contributed by atoms with van der Waals surface area (Å²) in [6.45, 7) is 13.5. The smallest absolute Gasteiger partial charge is 0.394 e. The van der Waals surface area contributed by atoms with Gasteiger partial charge in [-0.3, -0.25) is 9.05 Å². The molecule has 1 aliphatic heterocycles. The summed E-state index contributed by atoms with van der Waals surface area (Å²) in [5.41, 5.74) is 0. The summed E-state index contributed by atoms with van der Waals surface area (Å²) in [7, 11) is -4.58. The molecule has 1 rings (SSSR count). The van der Waals surface area contributed by atoms with Gasteiger partial charge in [0.25, 0.3) is 0 Å². The van der Waals surface area contributed by atoms with E-state index >= 15 is 0 Å². The molecule has 0 aliphatic carbocycles. The molecular formula is C37H75O9P. The standard InChI is InChI=1S/C37H75O9P/c1-7-8-9-10-16-28(2)17-11-18-29(3)19-12-20-30(4)21-13-22-31(5)23-14-24-32(6)25-15-26-44-47(42,43)46-37-36(41)35(40)34(39)33(27-38)45-37/h28-41H,7-27H2,1-6H3,(H,42,43)/t28-,29-,30-,31-,32-,33+,34+,35-,36-,37+/m0/s1. The number of ether oxygens (including phenoxy) is 1. The van der Waals surface area contributed by atoms with Crippen molar-refractivity contribution in [1.82, 2.24) is 0 Å². The van der Waals surface area contributed by atoms with Crippen LogP contribution in [-0.4, -0.2) is 69.2 Å². The summed E-state index contributed by atoms with van der Waals surface area (Å²) in [5.74, 6) is 3.77. The highest BCUT2D eigenvalue weighted by Gasteiger charge is 2.46. The van der Waals surface area contributed by atoms with Crippen LogP contribution in [0.3, 0.4) is 0 Å². The van der Waals surface area contributed by atoms with E-state index in [2.05, 4.69) is 41.5 Å². The Labute approximate surface area is 288 Å². The van der Waals surface area contributed by atoms with Crippen LogP contribution in [0.25, 0.3) is 0 Å². The van der Waals surface area contributed by atoms with Gasteiger partial charge in [-0.05, 0) is 42.4 Å². The largest absolute Gasteiger partial charge is 0.474 e. The Morgan fingerprint density at radius 1 is 0.596 bits per heavy atom. The highest BCUT2D eigenvalue weighted by atomic mass is 31.2. The number of unbranched alkanes of at least 4 members (excludes halogenated alkanes) is 3. The molecule has 1 aliphatic rings. The van der Waals surface area contributed by atoms with E-state index in [9.17, 15) is 29.9 Å². The molecule has 47 heavy (non-hydrogen) atoms. The molecule has 11 atom stereocenters. The molecule has 1 heterocycles. The summed E-state index contributed by atoms with van der Waals surface area (Å²) in [6, 6.07) is 0. The minimum Gasteiger partial charge on any atom is -0.394 e. The van der Waals surface area contributed by atoms with Gasteiger partial charge in [-0.15, -0.1) is 0 Å². The van der Waals surface area contributed by atoms with Crippen LogP contribution >= 0.6 is 7.82 Å². The van der Waals surface area contributed by atoms with Crippen molar-refractivity contribution in [2.24, 2.45) is 29.6 Å². The van der Waals surface area contributed by atoms with Gasteiger partial charge in [-0.25, -0.2) is 4.57 Å². The van der Waals surface area contributed by atoms with Crippen molar-refractivity contribution in [2.75, 3.05) is 13.2 Å². The predicted octanol–water partition coefficient (Wildman–Crippen LogP) is 8.53. The molecule has 5 N–H and O–H groups in total. The quantitative estimate of drug-likeness (QED) is 0.0384. The van der Waals surface area contributed by atoms with Crippen LogP contribution in [0.5, 0.6) is 0 Å². The minimum absolute atomic E-state index is 0.00156. The zero-order valence-corrected chi connectivity index (χ0v) is 31.8. The molecule has 0 bridgehead atoms. The van der Waals surface area contributed by atoms with Gasteiger partial charge in [0, 0.05) is 0 Å². The fraction of sp³-hybridized carbons (Fsp3) is 1.00. The lowest BCUT2D eigenvalue weighted by Gasteiger charge is -2.39. The number of aliphatic hydroxyl groups is 4. The van der Waals surface area contributed by atoms with Gasteiger partial charge < -0.3 is 30.1 Å². The predicted molar refractivity (Wildman–Crippen MR) is 190 cm³/mol. The Morgan fingerprint density at radius 2 is 1.00 bits per heavy atom. The Bertz CT molecular complexity index is 800. The number of rotatable bonds is 29. The van der Waals surface area contributed by atoms with Crippen LogP contribution in [0.15, 0.2) is 0 Å². The Hall–Kier alpha value is -0.0900. The second kappa shape index (κ2) is 25.8. The maximum Gasteiger partial charge on any atom is 0.474 e. The molecule has 282 valence electrons. The zero-order valence-electron chi connectivity index (χ0n) is 30.9. The number of phosphoric ester groups is 1. The molecule has 0 amide bonds. The molecule has 0 aromatic heterocycles.